The van der Waals surface area contributed by atoms with Crippen molar-refractivity contribution in [2.75, 3.05) is 0 Å². The second-order valence-corrected chi connectivity index (χ2v) is 6.95. The Bertz CT molecular complexity index is 1030. The van der Waals surface area contributed by atoms with E-state index in [0.717, 1.165) is 22.3 Å². The average Bonchev–Trinajstić information content (AvgIpc) is 2.80. The van der Waals surface area contributed by atoms with Gasteiger partial charge in [-0.25, -0.2) is 15.0 Å². The normalized spacial score (nSPS) is 12.5. The third kappa shape index (κ3) is 2.03. The Morgan fingerprint density at radius 3 is 2.55 bits per heavy atom. The molecule has 0 bridgehead atoms. The summed E-state index contributed by atoms with van der Waals surface area (Å²) in [6.45, 7) is 6.57. The highest BCUT2D eigenvalue weighted by Crippen LogP contribution is 2.25. The number of fused-ring (bicyclic) bond motifs is 4. The van der Waals surface area contributed by atoms with Gasteiger partial charge in [0.25, 0.3) is 0 Å². The predicted octanol–water partition coefficient (Wildman–Crippen LogP) is 4.38. The molecule has 0 aliphatic carbocycles. The van der Waals surface area contributed by atoms with Gasteiger partial charge in [0.15, 0.2) is 11.3 Å². The highest BCUT2D eigenvalue weighted by Gasteiger charge is 2.16. The quantitative estimate of drug-likeness (QED) is 0.484. The van der Waals surface area contributed by atoms with Gasteiger partial charge in [0.05, 0.1) is 11.0 Å². The summed E-state index contributed by atoms with van der Waals surface area (Å²) in [4.78, 5) is 13.9. The monoisotopic (exact) mass is 310 g/mol. The average molecular weight is 311 g/mol. The fourth-order valence-corrected chi connectivity index (χ4v) is 2.74. The van der Waals surface area contributed by atoms with Crippen molar-refractivity contribution in [3.8, 4) is 0 Å². The second kappa shape index (κ2) is 4.40. The van der Waals surface area contributed by atoms with E-state index in [9.17, 15) is 0 Å². The lowest BCUT2D eigenvalue weighted by molar-refractivity contribution is 0.590. The molecule has 5 heteroatoms. The maximum atomic E-state index is 6.03. The summed E-state index contributed by atoms with van der Waals surface area (Å²) in [5.74, 6) is 0. The molecule has 0 aliphatic heterocycles. The molecule has 3 aromatic heterocycles. The van der Waals surface area contributed by atoms with Gasteiger partial charge in [-0.15, -0.1) is 0 Å². The molecular formula is C17H15ClN4. The van der Waals surface area contributed by atoms with E-state index in [2.05, 4.69) is 47.9 Å². The maximum absolute atomic E-state index is 6.03. The number of hydrogen-bond donors (Lipinski definition) is 0. The third-order valence-electron chi connectivity index (χ3n) is 3.84. The largest absolute Gasteiger partial charge is 0.283 e. The number of halogens is 1. The van der Waals surface area contributed by atoms with Crippen molar-refractivity contribution in [2.24, 2.45) is 0 Å². The molecule has 0 N–H and O–H groups in total. The van der Waals surface area contributed by atoms with E-state index in [4.69, 9.17) is 11.6 Å². The molecule has 110 valence electrons. The molecule has 0 fully saturated rings. The molecule has 4 nitrogen and oxygen atoms in total. The summed E-state index contributed by atoms with van der Waals surface area (Å²) in [7, 11) is 0. The van der Waals surface area contributed by atoms with Crippen molar-refractivity contribution in [3.05, 3.63) is 47.1 Å². The minimum Gasteiger partial charge on any atom is -0.283 e. The van der Waals surface area contributed by atoms with Crippen LogP contribution >= 0.6 is 11.6 Å². The summed E-state index contributed by atoms with van der Waals surface area (Å²) in [5.41, 5.74) is 5.18. The van der Waals surface area contributed by atoms with E-state index in [0.29, 0.717) is 10.7 Å². The number of aromatic nitrogens is 4. The van der Waals surface area contributed by atoms with Gasteiger partial charge >= 0.3 is 0 Å². The molecule has 3 heterocycles. The van der Waals surface area contributed by atoms with Crippen LogP contribution < -0.4 is 0 Å². The second-order valence-electron chi connectivity index (χ2n) is 6.51. The van der Waals surface area contributed by atoms with Crippen LogP contribution in [0, 0.1) is 0 Å². The van der Waals surface area contributed by atoms with Crippen LogP contribution in [-0.2, 0) is 5.41 Å². The third-order valence-corrected chi connectivity index (χ3v) is 4.07. The van der Waals surface area contributed by atoms with Gasteiger partial charge in [-0.3, -0.25) is 4.40 Å². The van der Waals surface area contributed by atoms with Gasteiger partial charge in [-0.2, -0.15) is 0 Å². The Balaban J connectivity index is 2.06. The van der Waals surface area contributed by atoms with Gasteiger partial charge in [0.2, 0.25) is 0 Å². The van der Waals surface area contributed by atoms with Gasteiger partial charge in [0, 0.05) is 11.2 Å². The van der Waals surface area contributed by atoms with E-state index in [-0.39, 0.29) is 5.41 Å². The molecule has 0 radical (unpaired) electrons. The summed E-state index contributed by atoms with van der Waals surface area (Å²) in [6, 6.07) is 9.73. The lowest BCUT2D eigenvalue weighted by Crippen LogP contribution is -2.11. The molecule has 4 aromatic rings. The number of imidazole rings is 1. The Hall–Kier alpha value is -2.20. The molecule has 1 aromatic carbocycles. The first kappa shape index (κ1) is 13.5. The minimum atomic E-state index is 0.0823. The van der Waals surface area contributed by atoms with E-state index in [1.165, 1.54) is 5.56 Å². The van der Waals surface area contributed by atoms with Gasteiger partial charge in [-0.1, -0.05) is 32.4 Å². The van der Waals surface area contributed by atoms with E-state index < -0.39 is 0 Å². The first-order valence-corrected chi connectivity index (χ1v) is 7.55. The summed E-state index contributed by atoms with van der Waals surface area (Å²) < 4.78 is 1.98. The number of hydrogen-bond acceptors (Lipinski definition) is 3. The topological polar surface area (TPSA) is 43.1 Å². The molecule has 0 unspecified atom stereocenters. The molecule has 0 aliphatic rings. The van der Waals surface area contributed by atoms with Crippen LogP contribution in [0.15, 0.2) is 36.5 Å². The Morgan fingerprint density at radius 2 is 1.77 bits per heavy atom. The van der Waals surface area contributed by atoms with Crippen molar-refractivity contribution in [3.63, 3.8) is 0 Å². The Labute approximate surface area is 132 Å². The lowest BCUT2D eigenvalue weighted by atomic mass is 9.88. The van der Waals surface area contributed by atoms with Gasteiger partial charge in [-0.05, 0) is 41.3 Å². The molecule has 4 rings (SSSR count). The molecule has 0 spiro atoms. The molecular weight excluding hydrogens is 296 g/mol. The van der Waals surface area contributed by atoms with Crippen LogP contribution in [0.4, 0.5) is 0 Å². The maximum Gasteiger partial charge on any atom is 0.198 e. The van der Waals surface area contributed by atoms with Crippen LogP contribution in [0.3, 0.4) is 0 Å². The van der Waals surface area contributed by atoms with Crippen molar-refractivity contribution < 1.29 is 0 Å². The molecule has 0 saturated carbocycles. The van der Waals surface area contributed by atoms with E-state index in [1.54, 1.807) is 0 Å². The zero-order valence-electron chi connectivity index (χ0n) is 12.6. The lowest BCUT2D eigenvalue weighted by Gasteiger charge is -2.18. The van der Waals surface area contributed by atoms with Crippen LogP contribution in [-0.4, -0.2) is 19.4 Å². The SMILES string of the molecule is CC(C)(C)c1ccn2c(c1)nc1nc3cc(Cl)ccc3nc12. The number of nitrogens with zero attached hydrogens (tertiary/aromatic N) is 4. The van der Waals surface area contributed by atoms with E-state index >= 15 is 0 Å². The van der Waals surface area contributed by atoms with Crippen molar-refractivity contribution in [1.29, 1.82) is 0 Å². The van der Waals surface area contributed by atoms with Crippen molar-refractivity contribution in [1.82, 2.24) is 19.4 Å². The van der Waals surface area contributed by atoms with E-state index in [1.807, 2.05) is 28.8 Å². The molecule has 0 amide bonds. The van der Waals surface area contributed by atoms with Crippen LogP contribution in [0.5, 0.6) is 0 Å². The zero-order chi connectivity index (χ0) is 15.5. The highest BCUT2D eigenvalue weighted by molar-refractivity contribution is 6.31. The van der Waals surface area contributed by atoms with Gasteiger partial charge < -0.3 is 0 Å². The Morgan fingerprint density at radius 1 is 0.955 bits per heavy atom. The standard InChI is InChI=1S/C17H15ClN4/c1-17(2,3)10-6-7-22-14(8-10)21-15-16(22)20-12-5-4-11(18)9-13(12)19-15/h4-9H,1-3H3. The van der Waals surface area contributed by atoms with Gasteiger partial charge in [0.1, 0.15) is 5.65 Å². The molecule has 22 heavy (non-hydrogen) atoms. The summed E-state index contributed by atoms with van der Waals surface area (Å²) >= 11 is 6.03. The smallest absolute Gasteiger partial charge is 0.198 e. The summed E-state index contributed by atoms with van der Waals surface area (Å²) in [5, 5.41) is 0.653. The molecule has 0 atom stereocenters. The molecule has 0 saturated heterocycles. The minimum absolute atomic E-state index is 0.0823. The zero-order valence-corrected chi connectivity index (χ0v) is 13.4. The Kier molecular flexibility index (Phi) is 2.69. The van der Waals surface area contributed by atoms with Crippen LogP contribution in [0.1, 0.15) is 26.3 Å². The summed E-state index contributed by atoms with van der Waals surface area (Å²) in [6.07, 6.45) is 2.02. The first-order valence-electron chi connectivity index (χ1n) is 7.17. The number of pyridine rings is 1. The predicted molar refractivity (Wildman–Crippen MR) is 89.5 cm³/mol. The fraction of sp³-hybridized carbons (Fsp3) is 0.235. The van der Waals surface area contributed by atoms with Crippen LogP contribution in [0.25, 0.3) is 28.0 Å². The van der Waals surface area contributed by atoms with Crippen molar-refractivity contribution in [2.45, 2.75) is 26.2 Å². The number of benzene rings is 1. The number of rotatable bonds is 0. The van der Waals surface area contributed by atoms with Crippen LogP contribution in [0.2, 0.25) is 5.02 Å². The first-order chi connectivity index (χ1) is 10.4. The highest BCUT2D eigenvalue weighted by atomic mass is 35.5. The van der Waals surface area contributed by atoms with Crippen molar-refractivity contribution >= 4 is 39.6 Å². The fourth-order valence-electron chi connectivity index (χ4n) is 2.57.